The zero-order valence-electron chi connectivity index (χ0n) is 13.4. The van der Waals surface area contributed by atoms with Crippen LogP contribution in [-0.4, -0.2) is 49.1 Å². The summed E-state index contributed by atoms with van der Waals surface area (Å²) >= 11 is 0. The number of amides is 1. The molecule has 0 spiro atoms. The molecule has 0 saturated heterocycles. The van der Waals surface area contributed by atoms with Crippen LogP contribution in [0.1, 0.15) is 40.5 Å². The summed E-state index contributed by atoms with van der Waals surface area (Å²) in [7, 11) is 0. The highest BCUT2D eigenvalue weighted by Crippen LogP contribution is 2.06. The van der Waals surface area contributed by atoms with Crippen molar-refractivity contribution < 1.29 is 19.2 Å². The van der Waals surface area contributed by atoms with Crippen LogP contribution in [0.2, 0.25) is 0 Å². The second-order valence-corrected chi connectivity index (χ2v) is 4.59. The van der Waals surface area contributed by atoms with Gasteiger partial charge in [0.05, 0.1) is 26.2 Å². The van der Waals surface area contributed by atoms with E-state index in [1.807, 2.05) is 0 Å². The summed E-state index contributed by atoms with van der Waals surface area (Å²) in [6, 6.07) is 0. The van der Waals surface area contributed by atoms with Crippen LogP contribution in [0, 0.1) is 0 Å². The van der Waals surface area contributed by atoms with E-state index in [0.29, 0.717) is 0 Å². The maximum absolute atomic E-state index is 10.9. The molecule has 0 saturated carbocycles. The lowest BCUT2D eigenvalue weighted by atomic mass is 10.3. The van der Waals surface area contributed by atoms with Crippen molar-refractivity contribution in [3.63, 3.8) is 0 Å². The third-order valence-electron chi connectivity index (χ3n) is 3.59. The van der Waals surface area contributed by atoms with Gasteiger partial charge in [0.1, 0.15) is 0 Å². The average molecular weight is 286 g/mol. The first-order valence-corrected chi connectivity index (χ1v) is 7.36. The Balaban J connectivity index is 0. The number of quaternary nitrogens is 1. The Morgan fingerprint density at radius 3 is 1.90 bits per heavy atom. The van der Waals surface area contributed by atoms with Gasteiger partial charge in [0.2, 0.25) is 5.91 Å². The van der Waals surface area contributed by atoms with Crippen molar-refractivity contribution >= 4 is 11.9 Å². The Labute approximate surface area is 123 Å². The van der Waals surface area contributed by atoms with E-state index in [-0.39, 0.29) is 12.3 Å². The van der Waals surface area contributed by atoms with Crippen LogP contribution < -0.4 is 10.4 Å². The molecule has 0 aliphatic rings. The van der Waals surface area contributed by atoms with E-state index in [2.05, 4.69) is 32.7 Å². The monoisotopic (exact) mass is 286 g/mol. The van der Waals surface area contributed by atoms with Gasteiger partial charge in [-0.2, -0.15) is 0 Å². The SMILES string of the molecule is C=CC(=O)NCCC[N+](CC)(CC)CC.CCC(=O)[O-]. The van der Waals surface area contributed by atoms with Crippen molar-refractivity contribution in [2.45, 2.75) is 40.5 Å². The normalized spacial score (nSPS) is 10.2. The zero-order chi connectivity index (χ0) is 16.0. The second-order valence-electron chi connectivity index (χ2n) is 4.59. The van der Waals surface area contributed by atoms with Crippen LogP contribution in [0.5, 0.6) is 0 Å². The largest absolute Gasteiger partial charge is 0.550 e. The molecule has 0 unspecified atom stereocenters. The number of hydrogen-bond donors (Lipinski definition) is 1. The van der Waals surface area contributed by atoms with Gasteiger partial charge in [-0.15, -0.1) is 0 Å². The van der Waals surface area contributed by atoms with Gasteiger partial charge < -0.3 is 19.7 Å². The molecule has 1 amide bonds. The number of hydrogen-bond acceptors (Lipinski definition) is 3. The molecular formula is C15H30N2O3. The first-order valence-electron chi connectivity index (χ1n) is 7.36. The smallest absolute Gasteiger partial charge is 0.243 e. The molecule has 0 fully saturated rings. The van der Waals surface area contributed by atoms with Crippen molar-refractivity contribution in [3.05, 3.63) is 12.7 Å². The summed E-state index contributed by atoms with van der Waals surface area (Å²) in [6.07, 6.45) is 2.47. The van der Waals surface area contributed by atoms with Gasteiger partial charge in [0, 0.05) is 18.9 Å². The third-order valence-corrected chi connectivity index (χ3v) is 3.59. The Kier molecular flexibility index (Phi) is 13.3. The lowest BCUT2D eigenvalue weighted by Crippen LogP contribution is -2.48. The maximum atomic E-state index is 10.9. The third kappa shape index (κ3) is 10.6. The zero-order valence-corrected chi connectivity index (χ0v) is 13.4. The number of carboxylic acid groups (broad SMARTS) is 1. The fourth-order valence-corrected chi connectivity index (χ4v) is 1.84. The number of aliphatic carboxylic acids is 1. The fraction of sp³-hybridized carbons (Fsp3) is 0.733. The summed E-state index contributed by atoms with van der Waals surface area (Å²) in [6.45, 7) is 17.1. The molecule has 0 bridgehead atoms. The number of nitrogens with zero attached hydrogens (tertiary/aromatic N) is 1. The predicted molar refractivity (Wildman–Crippen MR) is 79.9 cm³/mol. The first kappa shape index (κ1) is 20.9. The predicted octanol–water partition coefficient (Wildman–Crippen LogP) is 0.702. The van der Waals surface area contributed by atoms with Gasteiger partial charge in [-0.25, -0.2) is 0 Å². The minimum Gasteiger partial charge on any atom is -0.550 e. The average Bonchev–Trinajstić information content (AvgIpc) is 2.48. The molecule has 0 rings (SSSR count). The van der Waals surface area contributed by atoms with E-state index in [9.17, 15) is 14.7 Å². The number of rotatable bonds is 9. The van der Waals surface area contributed by atoms with Gasteiger partial charge in [-0.3, -0.25) is 4.79 Å². The topological polar surface area (TPSA) is 69.2 Å². The first-order chi connectivity index (χ1) is 9.41. The molecule has 5 nitrogen and oxygen atoms in total. The van der Waals surface area contributed by atoms with Gasteiger partial charge in [-0.1, -0.05) is 13.5 Å². The Morgan fingerprint density at radius 2 is 1.60 bits per heavy atom. The molecule has 0 aliphatic heterocycles. The summed E-state index contributed by atoms with van der Waals surface area (Å²) in [5.74, 6) is -1.07. The summed E-state index contributed by atoms with van der Waals surface area (Å²) in [5.41, 5.74) is 0. The molecule has 0 radical (unpaired) electrons. The van der Waals surface area contributed by atoms with Crippen molar-refractivity contribution in [1.29, 1.82) is 0 Å². The van der Waals surface area contributed by atoms with Crippen molar-refractivity contribution in [2.75, 3.05) is 32.7 Å². The van der Waals surface area contributed by atoms with Crippen LogP contribution in [0.3, 0.4) is 0 Å². The number of carbonyl (C=O) groups excluding carboxylic acids is 2. The second kappa shape index (κ2) is 12.7. The molecule has 5 heteroatoms. The summed E-state index contributed by atoms with van der Waals surface area (Å²) in [4.78, 5) is 20.2. The van der Waals surface area contributed by atoms with Gasteiger partial charge in [-0.05, 0) is 33.3 Å². The van der Waals surface area contributed by atoms with E-state index in [1.165, 1.54) is 32.6 Å². The van der Waals surface area contributed by atoms with Gasteiger partial charge in [0.25, 0.3) is 0 Å². The van der Waals surface area contributed by atoms with E-state index >= 15 is 0 Å². The Morgan fingerprint density at radius 1 is 1.15 bits per heavy atom. The highest BCUT2D eigenvalue weighted by atomic mass is 16.4. The Hall–Kier alpha value is -1.36. The molecule has 0 heterocycles. The minimum absolute atomic E-state index is 0.0717. The summed E-state index contributed by atoms with van der Waals surface area (Å²) in [5, 5.41) is 12.1. The quantitative estimate of drug-likeness (QED) is 0.385. The lowest BCUT2D eigenvalue weighted by molar-refractivity contribution is -0.923. The van der Waals surface area contributed by atoms with E-state index < -0.39 is 5.97 Å². The maximum Gasteiger partial charge on any atom is 0.243 e. The van der Waals surface area contributed by atoms with Crippen molar-refractivity contribution in [1.82, 2.24) is 5.32 Å². The number of nitrogens with one attached hydrogen (secondary N) is 1. The highest BCUT2D eigenvalue weighted by molar-refractivity contribution is 5.86. The molecule has 0 atom stereocenters. The van der Waals surface area contributed by atoms with Gasteiger partial charge >= 0.3 is 0 Å². The van der Waals surface area contributed by atoms with Crippen LogP contribution in [-0.2, 0) is 9.59 Å². The van der Waals surface area contributed by atoms with Crippen LogP contribution in [0.4, 0.5) is 0 Å². The van der Waals surface area contributed by atoms with E-state index in [0.717, 1.165) is 24.0 Å². The minimum atomic E-state index is -0.995. The number of carbonyl (C=O) groups is 2. The molecule has 1 N–H and O–H groups in total. The molecule has 0 aromatic heterocycles. The molecule has 20 heavy (non-hydrogen) atoms. The van der Waals surface area contributed by atoms with Crippen LogP contribution >= 0.6 is 0 Å². The standard InChI is InChI=1S/C12H24N2O.C3H6O2/c1-5-12(15)13-10-9-11-14(6-2,7-3)8-4;1-2-3(4)5/h5H,1,6-11H2,2-4H3;2H2,1H3,(H,4,5). The molecule has 0 aromatic rings. The Bertz CT molecular complexity index is 279. The molecule has 0 aromatic carbocycles. The molecular weight excluding hydrogens is 256 g/mol. The van der Waals surface area contributed by atoms with E-state index in [1.54, 1.807) is 0 Å². The van der Waals surface area contributed by atoms with Crippen molar-refractivity contribution in [3.8, 4) is 0 Å². The summed E-state index contributed by atoms with van der Waals surface area (Å²) < 4.78 is 1.14. The molecule has 0 aliphatic carbocycles. The van der Waals surface area contributed by atoms with Crippen LogP contribution in [0.25, 0.3) is 0 Å². The van der Waals surface area contributed by atoms with Crippen molar-refractivity contribution in [2.24, 2.45) is 0 Å². The number of carboxylic acids is 1. The van der Waals surface area contributed by atoms with Gasteiger partial charge in [0.15, 0.2) is 0 Å². The highest BCUT2D eigenvalue weighted by Gasteiger charge is 2.19. The van der Waals surface area contributed by atoms with E-state index in [4.69, 9.17) is 0 Å². The van der Waals surface area contributed by atoms with Crippen LogP contribution in [0.15, 0.2) is 12.7 Å². The molecule has 118 valence electrons. The lowest BCUT2D eigenvalue weighted by Gasteiger charge is -2.35. The fourth-order valence-electron chi connectivity index (χ4n) is 1.84.